The number of carboxylic acids is 1. The van der Waals surface area contributed by atoms with Crippen LogP contribution in [0.3, 0.4) is 0 Å². The molecule has 2 aliphatic carbocycles. The molecule has 2 aliphatic rings. The highest BCUT2D eigenvalue weighted by Gasteiger charge is 2.62. The van der Waals surface area contributed by atoms with Gasteiger partial charge in [-0.05, 0) is 37.0 Å². The normalized spacial score (nSPS) is 32.0. The molecule has 2 fully saturated rings. The molecule has 1 N–H and O–H groups in total. The van der Waals surface area contributed by atoms with Gasteiger partial charge in [-0.15, -0.1) is 0 Å². The molecule has 0 aromatic heterocycles. The van der Waals surface area contributed by atoms with Crippen molar-refractivity contribution in [2.24, 2.45) is 28.6 Å². The van der Waals surface area contributed by atoms with Gasteiger partial charge in [-0.1, -0.05) is 34.6 Å². The van der Waals surface area contributed by atoms with E-state index < -0.39 is 36.4 Å². The van der Waals surface area contributed by atoms with Crippen LogP contribution in [0.1, 0.15) is 60.3 Å². The molecule has 0 saturated heterocycles. The second-order valence-electron chi connectivity index (χ2n) is 8.57. The summed E-state index contributed by atoms with van der Waals surface area (Å²) in [6.45, 7) is 9.39. The zero-order valence-corrected chi connectivity index (χ0v) is 15.8. The Morgan fingerprint density at radius 3 is 2.28 bits per heavy atom. The SMILES string of the molecule is C[C@H](C[C@@H](C)C(=O)OCC(=O)OC1CC2CCC1(C)C2(C)C)C(=O)O. The van der Waals surface area contributed by atoms with Crippen molar-refractivity contribution < 1.29 is 29.0 Å². The fourth-order valence-electron chi connectivity index (χ4n) is 4.50. The first-order chi connectivity index (χ1) is 11.5. The maximum Gasteiger partial charge on any atom is 0.344 e. The summed E-state index contributed by atoms with van der Waals surface area (Å²) in [5.41, 5.74) is 0.123. The minimum absolute atomic E-state index is 0.0262. The van der Waals surface area contributed by atoms with E-state index in [-0.39, 0.29) is 23.4 Å². The standard InChI is InChI=1S/C19H30O6/c1-11(16(21)22)8-12(2)17(23)24-10-15(20)25-14-9-13-6-7-19(14,5)18(13,3)4/h11-14H,6-10H2,1-5H3,(H,21,22)/t11-,12-,13?,14?,19?/m1/s1. The highest BCUT2D eigenvalue weighted by atomic mass is 16.6. The van der Waals surface area contributed by atoms with E-state index >= 15 is 0 Å². The smallest absolute Gasteiger partial charge is 0.344 e. The Bertz CT molecular complexity index is 554. The average Bonchev–Trinajstić information content (AvgIpc) is 2.85. The molecular formula is C19H30O6. The number of fused-ring (bicyclic) bond motifs is 2. The molecule has 0 aromatic carbocycles. The van der Waals surface area contributed by atoms with Crippen LogP contribution in [-0.2, 0) is 23.9 Å². The van der Waals surface area contributed by atoms with Gasteiger partial charge in [0.2, 0.25) is 0 Å². The lowest BCUT2D eigenvalue weighted by Gasteiger charge is -2.38. The van der Waals surface area contributed by atoms with Gasteiger partial charge in [0, 0.05) is 5.41 Å². The van der Waals surface area contributed by atoms with E-state index in [1.807, 2.05) is 0 Å². The van der Waals surface area contributed by atoms with Crippen molar-refractivity contribution in [2.75, 3.05) is 6.61 Å². The van der Waals surface area contributed by atoms with Crippen LogP contribution >= 0.6 is 0 Å². The highest BCUT2D eigenvalue weighted by Crippen LogP contribution is 2.66. The molecule has 2 bridgehead atoms. The summed E-state index contributed by atoms with van der Waals surface area (Å²) in [6, 6.07) is 0. The lowest BCUT2D eigenvalue weighted by molar-refractivity contribution is -0.169. The van der Waals surface area contributed by atoms with Gasteiger partial charge in [-0.25, -0.2) is 4.79 Å². The van der Waals surface area contributed by atoms with Gasteiger partial charge in [0.1, 0.15) is 6.10 Å². The lowest BCUT2D eigenvalue weighted by atomic mass is 9.70. The molecule has 6 heteroatoms. The number of carbonyl (C=O) groups excluding carboxylic acids is 2. The number of ether oxygens (including phenoxy) is 2. The molecule has 0 amide bonds. The largest absolute Gasteiger partial charge is 0.481 e. The number of rotatable bonds is 7. The Morgan fingerprint density at radius 1 is 1.16 bits per heavy atom. The summed E-state index contributed by atoms with van der Waals surface area (Å²) >= 11 is 0. The molecule has 2 saturated carbocycles. The first-order valence-electron chi connectivity index (χ1n) is 9.08. The fourth-order valence-corrected chi connectivity index (χ4v) is 4.50. The summed E-state index contributed by atoms with van der Waals surface area (Å²) in [6.07, 6.45) is 3.14. The molecule has 0 aromatic rings. The van der Waals surface area contributed by atoms with Crippen LogP contribution in [0.15, 0.2) is 0 Å². The second-order valence-corrected chi connectivity index (χ2v) is 8.57. The summed E-state index contributed by atoms with van der Waals surface area (Å²) in [5.74, 6) is -2.68. The Balaban J connectivity index is 1.80. The number of carbonyl (C=O) groups is 3. The van der Waals surface area contributed by atoms with Gasteiger partial charge < -0.3 is 14.6 Å². The fraction of sp³-hybridized carbons (Fsp3) is 0.842. The third-order valence-electron chi connectivity index (χ3n) is 6.85. The maximum absolute atomic E-state index is 12.1. The van der Waals surface area contributed by atoms with E-state index in [4.69, 9.17) is 14.6 Å². The second kappa shape index (κ2) is 6.96. The quantitative estimate of drug-likeness (QED) is 0.707. The molecule has 0 radical (unpaired) electrons. The predicted molar refractivity (Wildman–Crippen MR) is 90.6 cm³/mol. The van der Waals surface area contributed by atoms with E-state index in [2.05, 4.69) is 20.8 Å². The van der Waals surface area contributed by atoms with Crippen molar-refractivity contribution in [3.8, 4) is 0 Å². The monoisotopic (exact) mass is 354 g/mol. The minimum Gasteiger partial charge on any atom is -0.481 e. The summed E-state index contributed by atoms with van der Waals surface area (Å²) in [4.78, 5) is 34.8. The van der Waals surface area contributed by atoms with Crippen LogP contribution in [0.2, 0.25) is 0 Å². The lowest BCUT2D eigenvalue weighted by Crippen LogP contribution is -2.39. The summed E-state index contributed by atoms with van der Waals surface area (Å²) < 4.78 is 10.6. The van der Waals surface area contributed by atoms with Gasteiger partial charge in [0.05, 0.1) is 11.8 Å². The topological polar surface area (TPSA) is 89.9 Å². The average molecular weight is 354 g/mol. The molecule has 0 heterocycles. The zero-order chi connectivity index (χ0) is 19.0. The summed E-state index contributed by atoms with van der Waals surface area (Å²) in [7, 11) is 0. The molecular weight excluding hydrogens is 324 g/mol. The van der Waals surface area contributed by atoms with E-state index in [9.17, 15) is 14.4 Å². The predicted octanol–water partition coefficient (Wildman–Crippen LogP) is 3.03. The van der Waals surface area contributed by atoms with Crippen molar-refractivity contribution in [3.05, 3.63) is 0 Å². The Labute approximate surface area is 149 Å². The van der Waals surface area contributed by atoms with E-state index in [0.29, 0.717) is 5.92 Å². The van der Waals surface area contributed by atoms with Crippen LogP contribution < -0.4 is 0 Å². The molecule has 142 valence electrons. The Hall–Kier alpha value is -1.59. The third-order valence-corrected chi connectivity index (χ3v) is 6.85. The van der Waals surface area contributed by atoms with Gasteiger partial charge in [0.25, 0.3) is 0 Å². The third kappa shape index (κ3) is 3.67. The zero-order valence-electron chi connectivity index (χ0n) is 15.8. The van der Waals surface area contributed by atoms with Crippen LogP contribution in [-0.4, -0.2) is 35.7 Å². The van der Waals surface area contributed by atoms with Crippen LogP contribution in [0.25, 0.3) is 0 Å². The Kier molecular flexibility index (Phi) is 5.50. The number of esters is 2. The first-order valence-corrected chi connectivity index (χ1v) is 9.08. The minimum atomic E-state index is -0.953. The van der Waals surface area contributed by atoms with Gasteiger partial charge in [0.15, 0.2) is 6.61 Å². The van der Waals surface area contributed by atoms with Crippen LogP contribution in [0.5, 0.6) is 0 Å². The number of aliphatic carboxylic acids is 1. The Morgan fingerprint density at radius 2 is 1.80 bits per heavy atom. The van der Waals surface area contributed by atoms with Crippen LogP contribution in [0, 0.1) is 28.6 Å². The number of hydrogen-bond acceptors (Lipinski definition) is 5. The number of carboxylic acid groups (broad SMARTS) is 1. The number of hydrogen-bond donors (Lipinski definition) is 1. The highest BCUT2D eigenvalue weighted by molar-refractivity contribution is 5.78. The van der Waals surface area contributed by atoms with E-state index in [1.165, 1.54) is 13.3 Å². The molecule has 0 spiro atoms. The maximum atomic E-state index is 12.1. The van der Waals surface area contributed by atoms with E-state index in [0.717, 1.165) is 12.8 Å². The van der Waals surface area contributed by atoms with Crippen LogP contribution in [0.4, 0.5) is 0 Å². The molecule has 0 aliphatic heterocycles. The van der Waals surface area contributed by atoms with Crippen molar-refractivity contribution in [1.82, 2.24) is 0 Å². The first kappa shape index (κ1) is 19.7. The van der Waals surface area contributed by atoms with Gasteiger partial charge in [-0.2, -0.15) is 0 Å². The van der Waals surface area contributed by atoms with Crippen molar-refractivity contribution >= 4 is 17.9 Å². The molecule has 2 rings (SSSR count). The molecule has 25 heavy (non-hydrogen) atoms. The molecule has 6 nitrogen and oxygen atoms in total. The van der Waals surface area contributed by atoms with Gasteiger partial charge >= 0.3 is 17.9 Å². The van der Waals surface area contributed by atoms with E-state index in [1.54, 1.807) is 6.92 Å². The molecule has 5 atom stereocenters. The molecule has 3 unspecified atom stereocenters. The van der Waals surface area contributed by atoms with Crippen molar-refractivity contribution in [3.63, 3.8) is 0 Å². The van der Waals surface area contributed by atoms with Crippen molar-refractivity contribution in [2.45, 2.75) is 66.4 Å². The van der Waals surface area contributed by atoms with Crippen molar-refractivity contribution in [1.29, 1.82) is 0 Å². The van der Waals surface area contributed by atoms with Gasteiger partial charge in [-0.3, -0.25) is 9.59 Å². The summed E-state index contributed by atoms with van der Waals surface area (Å²) in [5, 5.41) is 8.88.